The molecule has 0 saturated carbocycles. The smallest absolute Gasteiger partial charge is 0.352 e. The third-order valence-electron chi connectivity index (χ3n) is 2.33. The third kappa shape index (κ3) is 4.25. The molecule has 1 aromatic rings. The fraction of sp³-hybridized carbons (Fsp3) is 0.364. The first-order valence-corrected chi connectivity index (χ1v) is 5.25. The molecule has 0 fully saturated rings. The number of anilines is 1. The van der Waals surface area contributed by atoms with Crippen molar-refractivity contribution >= 4 is 11.6 Å². The molecule has 0 radical (unpaired) electrons. The summed E-state index contributed by atoms with van der Waals surface area (Å²) in [5.74, 6) is 4.67. The topological polar surface area (TPSA) is 67.1 Å². The molecule has 0 atom stereocenters. The van der Waals surface area contributed by atoms with Gasteiger partial charge >= 0.3 is 6.18 Å². The lowest BCUT2D eigenvalue weighted by atomic mass is 10.1. The van der Waals surface area contributed by atoms with Crippen LogP contribution in [0.3, 0.4) is 0 Å². The number of carbonyl (C=O) groups is 1. The highest BCUT2D eigenvalue weighted by atomic mass is 19.4. The molecule has 7 heteroatoms. The largest absolute Gasteiger partial charge is 0.390 e. The van der Waals surface area contributed by atoms with Crippen LogP contribution in [0.15, 0.2) is 18.2 Å². The number of carbonyl (C=O) groups excluding carboxylic acids is 1. The van der Waals surface area contributed by atoms with Crippen LogP contribution in [-0.2, 0) is 0 Å². The van der Waals surface area contributed by atoms with E-state index in [-0.39, 0.29) is 0 Å². The van der Waals surface area contributed by atoms with Crippen molar-refractivity contribution in [2.45, 2.75) is 19.5 Å². The van der Waals surface area contributed by atoms with Crippen molar-refractivity contribution in [3.63, 3.8) is 0 Å². The number of hydrazine groups is 1. The molecule has 0 bridgehead atoms. The van der Waals surface area contributed by atoms with E-state index in [1.54, 1.807) is 19.1 Å². The van der Waals surface area contributed by atoms with Gasteiger partial charge in [-0.2, -0.15) is 13.2 Å². The van der Waals surface area contributed by atoms with E-state index in [2.05, 4.69) is 10.7 Å². The predicted molar refractivity (Wildman–Crippen MR) is 62.0 cm³/mol. The molecule has 0 saturated heterocycles. The van der Waals surface area contributed by atoms with E-state index in [1.165, 1.54) is 6.07 Å². The molecule has 1 aromatic carbocycles. The third-order valence-corrected chi connectivity index (χ3v) is 2.33. The van der Waals surface area contributed by atoms with Crippen LogP contribution in [0.4, 0.5) is 18.9 Å². The highest BCUT2D eigenvalue weighted by molar-refractivity contribution is 5.96. The summed E-state index contributed by atoms with van der Waals surface area (Å²) in [4.78, 5) is 11.6. The second kappa shape index (κ2) is 5.72. The lowest BCUT2D eigenvalue weighted by Gasteiger charge is -2.10. The number of alkyl halides is 3. The van der Waals surface area contributed by atoms with E-state index in [9.17, 15) is 18.0 Å². The molecule has 0 unspecified atom stereocenters. The summed E-state index contributed by atoms with van der Waals surface area (Å²) in [5.41, 5.74) is 4.00. The molecule has 0 aliphatic rings. The number of rotatable bonds is 4. The Balaban J connectivity index is 2.62. The Kier molecular flexibility index (Phi) is 4.55. The van der Waals surface area contributed by atoms with E-state index < -0.39 is 25.0 Å². The summed E-state index contributed by atoms with van der Waals surface area (Å²) in [6, 6.07) is 4.72. The van der Waals surface area contributed by atoms with Crippen LogP contribution in [0.5, 0.6) is 0 Å². The van der Waals surface area contributed by atoms with Gasteiger partial charge in [0.1, 0.15) is 0 Å². The number of hydrogen-bond acceptors (Lipinski definition) is 3. The van der Waals surface area contributed by atoms with E-state index in [0.29, 0.717) is 16.8 Å². The van der Waals surface area contributed by atoms with Crippen LogP contribution >= 0.6 is 0 Å². The van der Waals surface area contributed by atoms with Gasteiger partial charge in [-0.15, -0.1) is 0 Å². The number of benzene rings is 1. The minimum atomic E-state index is -4.27. The Morgan fingerprint density at radius 1 is 1.39 bits per heavy atom. The van der Waals surface area contributed by atoms with Crippen LogP contribution < -0.4 is 16.6 Å². The Bertz CT molecular complexity index is 432. The summed E-state index contributed by atoms with van der Waals surface area (Å²) in [5, 5.41) is 2.22. The van der Waals surface area contributed by atoms with Crippen molar-refractivity contribution < 1.29 is 18.0 Å². The Labute approximate surface area is 102 Å². The van der Waals surface area contributed by atoms with Crippen LogP contribution in [0.25, 0.3) is 0 Å². The average Bonchev–Trinajstić information content (AvgIpc) is 2.26. The average molecular weight is 261 g/mol. The second-order valence-electron chi connectivity index (χ2n) is 3.80. The van der Waals surface area contributed by atoms with Crippen LogP contribution in [0, 0.1) is 6.92 Å². The summed E-state index contributed by atoms with van der Waals surface area (Å²) in [6.45, 7) is 1.25. The van der Waals surface area contributed by atoms with Crippen LogP contribution in [0.1, 0.15) is 22.3 Å². The molecule has 4 nitrogen and oxygen atoms in total. The quantitative estimate of drug-likeness (QED) is 0.573. The molecule has 1 rings (SSSR count). The van der Waals surface area contributed by atoms with E-state index in [4.69, 9.17) is 5.84 Å². The number of nitrogen functional groups attached to an aromatic ring is 1. The Morgan fingerprint density at radius 3 is 2.56 bits per heavy atom. The molecule has 0 heterocycles. The zero-order chi connectivity index (χ0) is 13.8. The maximum atomic E-state index is 11.9. The molecule has 18 heavy (non-hydrogen) atoms. The zero-order valence-electron chi connectivity index (χ0n) is 9.77. The van der Waals surface area contributed by atoms with Gasteiger partial charge in [-0.25, -0.2) is 0 Å². The number of amides is 1. The molecule has 0 aliphatic carbocycles. The van der Waals surface area contributed by atoms with Crippen molar-refractivity contribution in [2.75, 3.05) is 12.0 Å². The standard InChI is InChI=1S/C11H14F3N3O/c1-7-6-8(17-15)2-3-9(7)10(18)16-5-4-11(12,13)14/h2-3,6,17H,4-5,15H2,1H3,(H,16,18). The van der Waals surface area contributed by atoms with E-state index in [1.807, 2.05) is 0 Å². The van der Waals surface area contributed by atoms with Gasteiger partial charge in [0.25, 0.3) is 5.91 Å². The van der Waals surface area contributed by atoms with Gasteiger partial charge in [0, 0.05) is 17.8 Å². The number of nitrogens with one attached hydrogen (secondary N) is 2. The molecule has 4 N–H and O–H groups in total. The number of nitrogens with two attached hydrogens (primary N) is 1. The van der Waals surface area contributed by atoms with Gasteiger partial charge in [-0.3, -0.25) is 10.6 Å². The fourth-order valence-electron chi connectivity index (χ4n) is 1.42. The minimum absolute atomic E-state index is 0.330. The number of aryl methyl sites for hydroxylation is 1. The van der Waals surface area contributed by atoms with Crippen molar-refractivity contribution in [1.29, 1.82) is 0 Å². The SMILES string of the molecule is Cc1cc(NN)ccc1C(=O)NCCC(F)(F)F. The monoisotopic (exact) mass is 261 g/mol. The van der Waals surface area contributed by atoms with Crippen LogP contribution in [-0.4, -0.2) is 18.6 Å². The Hall–Kier alpha value is -1.76. The summed E-state index contributed by atoms with van der Waals surface area (Å²) < 4.78 is 35.7. The van der Waals surface area contributed by atoms with Gasteiger partial charge in [0.05, 0.1) is 6.42 Å². The maximum absolute atomic E-state index is 11.9. The first-order chi connectivity index (χ1) is 8.33. The van der Waals surface area contributed by atoms with Crippen molar-refractivity contribution in [3.8, 4) is 0 Å². The molecule has 0 aromatic heterocycles. The molecular weight excluding hydrogens is 247 g/mol. The maximum Gasteiger partial charge on any atom is 0.390 e. The zero-order valence-corrected chi connectivity index (χ0v) is 9.77. The van der Waals surface area contributed by atoms with E-state index >= 15 is 0 Å². The van der Waals surface area contributed by atoms with Crippen molar-refractivity contribution in [2.24, 2.45) is 5.84 Å². The van der Waals surface area contributed by atoms with Crippen molar-refractivity contribution in [3.05, 3.63) is 29.3 Å². The molecule has 0 spiro atoms. The number of halogens is 3. The molecule has 0 aliphatic heterocycles. The van der Waals surface area contributed by atoms with E-state index in [0.717, 1.165) is 0 Å². The normalized spacial score (nSPS) is 11.2. The fourth-order valence-corrected chi connectivity index (χ4v) is 1.42. The lowest BCUT2D eigenvalue weighted by Crippen LogP contribution is -2.28. The minimum Gasteiger partial charge on any atom is -0.352 e. The highest BCUT2D eigenvalue weighted by Gasteiger charge is 2.26. The molecular formula is C11H14F3N3O. The van der Waals surface area contributed by atoms with Gasteiger partial charge in [-0.05, 0) is 30.7 Å². The van der Waals surface area contributed by atoms with Gasteiger partial charge in [-0.1, -0.05) is 0 Å². The van der Waals surface area contributed by atoms with Crippen molar-refractivity contribution in [1.82, 2.24) is 5.32 Å². The van der Waals surface area contributed by atoms with Gasteiger partial charge in [0.15, 0.2) is 0 Å². The Morgan fingerprint density at radius 2 is 2.06 bits per heavy atom. The first-order valence-electron chi connectivity index (χ1n) is 5.25. The summed E-state index contributed by atoms with van der Waals surface area (Å²) in [6.07, 6.45) is -5.31. The summed E-state index contributed by atoms with van der Waals surface area (Å²) >= 11 is 0. The lowest BCUT2D eigenvalue weighted by molar-refractivity contribution is -0.132. The predicted octanol–water partition coefficient (Wildman–Crippen LogP) is 1.96. The molecule has 1 amide bonds. The number of hydrogen-bond donors (Lipinski definition) is 3. The van der Waals surface area contributed by atoms with Gasteiger partial charge in [0.2, 0.25) is 0 Å². The van der Waals surface area contributed by atoms with Crippen LogP contribution in [0.2, 0.25) is 0 Å². The summed E-state index contributed by atoms with van der Waals surface area (Å²) in [7, 11) is 0. The highest BCUT2D eigenvalue weighted by Crippen LogP contribution is 2.18. The first kappa shape index (κ1) is 14.3. The molecule has 100 valence electrons. The van der Waals surface area contributed by atoms with Gasteiger partial charge < -0.3 is 10.7 Å². The second-order valence-corrected chi connectivity index (χ2v) is 3.80.